The normalized spacial score (nSPS) is 31.3. The molecule has 7 nitrogen and oxygen atoms in total. The van der Waals surface area contributed by atoms with Gasteiger partial charge in [-0.2, -0.15) is 17.0 Å². The van der Waals surface area contributed by atoms with Crippen LogP contribution in [0.15, 0.2) is 0 Å². The molecule has 3 unspecified atom stereocenters. The van der Waals surface area contributed by atoms with Crippen LogP contribution in [0.3, 0.4) is 0 Å². The Kier molecular flexibility index (Phi) is 5.40. The van der Waals surface area contributed by atoms with E-state index in [2.05, 4.69) is 0 Å². The summed E-state index contributed by atoms with van der Waals surface area (Å²) in [6.45, 7) is 10.0. The van der Waals surface area contributed by atoms with E-state index in [9.17, 15) is 13.2 Å². The monoisotopic (exact) mass is 348 g/mol. The molecule has 0 aromatic heterocycles. The minimum atomic E-state index is -3.69. The van der Waals surface area contributed by atoms with Gasteiger partial charge in [-0.3, -0.25) is 4.79 Å². The first-order valence-electron chi connectivity index (χ1n) is 8.16. The van der Waals surface area contributed by atoms with Crippen molar-refractivity contribution in [2.75, 3.05) is 19.6 Å². The highest BCUT2D eigenvalue weighted by Gasteiger charge is 2.44. The van der Waals surface area contributed by atoms with Crippen molar-refractivity contribution >= 4 is 16.2 Å². The van der Waals surface area contributed by atoms with Crippen molar-refractivity contribution in [1.29, 1.82) is 0 Å². The number of nitrogens with zero attached hydrogens (tertiary/aromatic N) is 2. The number of hydrogen-bond acceptors (Lipinski definition) is 5. The second-order valence-corrected chi connectivity index (χ2v) is 9.27. The van der Waals surface area contributed by atoms with Crippen LogP contribution in [0.25, 0.3) is 0 Å². The van der Waals surface area contributed by atoms with Crippen LogP contribution in [-0.4, -0.2) is 66.5 Å². The van der Waals surface area contributed by atoms with Gasteiger partial charge in [0.15, 0.2) is 0 Å². The summed E-state index contributed by atoms with van der Waals surface area (Å²) in [5.41, 5.74) is -0.628. The third-order valence-electron chi connectivity index (χ3n) is 3.89. The molecule has 0 aromatic carbocycles. The average Bonchev–Trinajstić information content (AvgIpc) is 2.85. The molecule has 0 radical (unpaired) electrons. The Bertz CT molecular complexity index is 533. The Hall–Kier alpha value is -0.700. The molecule has 0 spiro atoms. The van der Waals surface area contributed by atoms with Crippen LogP contribution in [-0.2, 0) is 24.5 Å². The minimum Gasteiger partial charge on any atom is -0.459 e. The lowest BCUT2D eigenvalue weighted by Crippen LogP contribution is -2.55. The van der Waals surface area contributed by atoms with Gasteiger partial charge in [-0.25, -0.2) is 0 Å². The molecule has 23 heavy (non-hydrogen) atoms. The second-order valence-electron chi connectivity index (χ2n) is 7.38. The van der Waals surface area contributed by atoms with Crippen molar-refractivity contribution in [2.24, 2.45) is 0 Å². The van der Waals surface area contributed by atoms with Gasteiger partial charge in [-0.1, -0.05) is 0 Å². The first-order chi connectivity index (χ1) is 10.5. The minimum absolute atomic E-state index is 0.156. The van der Waals surface area contributed by atoms with Gasteiger partial charge in [0.1, 0.15) is 11.6 Å². The number of rotatable bonds is 3. The van der Waals surface area contributed by atoms with Crippen LogP contribution in [0.2, 0.25) is 0 Å². The van der Waals surface area contributed by atoms with Gasteiger partial charge >= 0.3 is 5.97 Å². The molecule has 134 valence electrons. The number of hydrogen-bond donors (Lipinski definition) is 0. The van der Waals surface area contributed by atoms with Crippen LogP contribution in [0.4, 0.5) is 0 Å². The molecule has 2 aliphatic heterocycles. The number of morpholine rings is 1. The Balaban J connectivity index is 2.16. The molecule has 2 aliphatic rings. The SMILES string of the molecule is CC1CN(S(=O)(=O)N2CCCC2C(=O)OC(C)(C)C)CC(C)O1. The highest BCUT2D eigenvalue weighted by Crippen LogP contribution is 2.27. The summed E-state index contributed by atoms with van der Waals surface area (Å²) in [5, 5.41) is 0. The maximum absolute atomic E-state index is 12.9. The van der Waals surface area contributed by atoms with Crippen molar-refractivity contribution in [1.82, 2.24) is 8.61 Å². The van der Waals surface area contributed by atoms with Crippen molar-refractivity contribution in [3.63, 3.8) is 0 Å². The van der Waals surface area contributed by atoms with Gasteiger partial charge < -0.3 is 9.47 Å². The summed E-state index contributed by atoms with van der Waals surface area (Å²) in [7, 11) is -3.69. The van der Waals surface area contributed by atoms with Crippen LogP contribution in [0.5, 0.6) is 0 Å². The van der Waals surface area contributed by atoms with Crippen LogP contribution in [0.1, 0.15) is 47.5 Å². The summed E-state index contributed by atoms with van der Waals surface area (Å²) < 4.78 is 39.6. The van der Waals surface area contributed by atoms with Crippen LogP contribution >= 0.6 is 0 Å². The summed E-state index contributed by atoms with van der Waals surface area (Å²) in [5.74, 6) is -0.465. The van der Waals surface area contributed by atoms with Crippen molar-refractivity contribution in [3.05, 3.63) is 0 Å². The predicted molar refractivity (Wildman–Crippen MR) is 86.1 cm³/mol. The van der Waals surface area contributed by atoms with Gasteiger partial charge in [0, 0.05) is 19.6 Å². The Morgan fingerprint density at radius 2 is 1.74 bits per heavy atom. The first-order valence-corrected chi connectivity index (χ1v) is 9.55. The summed E-state index contributed by atoms with van der Waals surface area (Å²) in [6, 6.07) is -0.729. The highest BCUT2D eigenvalue weighted by atomic mass is 32.2. The lowest BCUT2D eigenvalue weighted by molar-refractivity contribution is -0.158. The molecule has 0 aliphatic carbocycles. The molecular weight excluding hydrogens is 320 g/mol. The third kappa shape index (κ3) is 4.43. The molecule has 0 amide bonds. The van der Waals surface area contributed by atoms with E-state index in [0.717, 1.165) is 0 Å². The summed E-state index contributed by atoms with van der Waals surface area (Å²) in [4.78, 5) is 12.4. The lowest BCUT2D eigenvalue weighted by atomic mass is 10.2. The first kappa shape index (κ1) is 18.6. The number of ether oxygens (including phenoxy) is 2. The van der Waals surface area contributed by atoms with E-state index in [1.54, 1.807) is 20.8 Å². The molecule has 0 saturated carbocycles. The maximum Gasteiger partial charge on any atom is 0.325 e. The van der Waals surface area contributed by atoms with Gasteiger partial charge in [-0.05, 0) is 47.5 Å². The summed E-state index contributed by atoms with van der Waals surface area (Å²) in [6.07, 6.45) is 0.856. The number of carbonyl (C=O) groups is 1. The van der Waals surface area contributed by atoms with E-state index in [0.29, 0.717) is 32.5 Å². The fraction of sp³-hybridized carbons (Fsp3) is 0.933. The highest BCUT2D eigenvalue weighted by molar-refractivity contribution is 7.86. The number of carbonyl (C=O) groups excluding carboxylic acids is 1. The zero-order valence-corrected chi connectivity index (χ0v) is 15.4. The second kappa shape index (κ2) is 6.66. The Morgan fingerprint density at radius 3 is 2.26 bits per heavy atom. The van der Waals surface area contributed by atoms with E-state index in [1.807, 2.05) is 13.8 Å². The fourth-order valence-corrected chi connectivity index (χ4v) is 5.06. The molecule has 0 N–H and O–H groups in total. The van der Waals surface area contributed by atoms with Gasteiger partial charge in [0.2, 0.25) is 0 Å². The molecule has 3 atom stereocenters. The average molecular weight is 348 g/mol. The molecule has 2 heterocycles. The topological polar surface area (TPSA) is 76.2 Å². The molecule has 0 aromatic rings. The quantitative estimate of drug-likeness (QED) is 0.715. The standard InChI is InChI=1S/C15H28N2O5S/c1-11-9-16(10-12(2)21-11)23(19,20)17-8-6-7-13(17)14(18)22-15(3,4)5/h11-13H,6-10H2,1-5H3. The lowest BCUT2D eigenvalue weighted by Gasteiger charge is -2.37. The third-order valence-corrected chi connectivity index (χ3v) is 5.87. The molecular formula is C15H28N2O5S. The van der Waals surface area contributed by atoms with E-state index in [-0.39, 0.29) is 12.2 Å². The van der Waals surface area contributed by atoms with E-state index < -0.39 is 27.8 Å². The molecule has 2 fully saturated rings. The predicted octanol–water partition coefficient (Wildman–Crippen LogP) is 1.15. The van der Waals surface area contributed by atoms with E-state index >= 15 is 0 Å². The maximum atomic E-state index is 12.9. The van der Waals surface area contributed by atoms with Crippen LogP contribution < -0.4 is 0 Å². The summed E-state index contributed by atoms with van der Waals surface area (Å²) >= 11 is 0. The van der Waals surface area contributed by atoms with Crippen LogP contribution in [0, 0.1) is 0 Å². The van der Waals surface area contributed by atoms with Gasteiger partial charge in [-0.15, -0.1) is 0 Å². The van der Waals surface area contributed by atoms with Crippen molar-refractivity contribution in [2.45, 2.75) is 71.3 Å². The Morgan fingerprint density at radius 1 is 1.17 bits per heavy atom. The van der Waals surface area contributed by atoms with Crippen molar-refractivity contribution in [3.8, 4) is 0 Å². The van der Waals surface area contributed by atoms with Crippen molar-refractivity contribution < 1.29 is 22.7 Å². The molecule has 0 bridgehead atoms. The van der Waals surface area contributed by atoms with Gasteiger partial charge in [0.25, 0.3) is 10.2 Å². The van der Waals surface area contributed by atoms with Gasteiger partial charge in [0.05, 0.1) is 12.2 Å². The Labute approximate surface area is 139 Å². The smallest absolute Gasteiger partial charge is 0.325 e. The van der Waals surface area contributed by atoms with E-state index in [4.69, 9.17) is 9.47 Å². The zero-order valence-electron chi connectivity index (χ0n) is 14.6. The molecule has 2 rings (SSSR count). The molecule has 8 heteroatoms. The number of esters is 1. The van der Waals surface area contributed by atoms with E-state index in [1.165, 1.54) is 8.61 Å². The largest absolute Gasteiger partial charge is 0.459 e. The molecule has 2 saturated heterocycles. The zero-order chi connectivity index (χ0) is 17.4. The fourth-order valence-electron chi connectivity index (χ4n) is 3.09.